The van der Waals surface area contributed by atoms with Crippen molar-refractivity contribution in [1.82, 2.24) is 9.97 Å². The van der Waals surface area contributed by atoms with Crippen molar-refractivity contribution >= 4 is 35.0 Å². The van der Waals surface area contributed by atoms with Gasteiger partial charge in [-0.25, -0.2) is 9.97 Å². The van der Waals surface area contributed by atoms with Crippen LogP contribution in [0.15, 0.2) is 72.0 Å². The van der Waals surface area contributed by atoms with Gasteiger partial charge in [0.25, 0.3) is 0 Å². The highest BCUT2D eigenvalue weighted by atomic mass is 35.5. The van der Waals surface area contributed by atoms with Gasteiger partial charge in [-0.05, 0) is 24.3 Å². The maximum Gasteiger partial charge on any atom is 0.225 e. The standard InChI is InChI=1S/C19H16ClN3OS/c20-15-7-4-8-16(11-15)23-18(24)9-10-25-19-12-17(21-13-22-19)14-5-2-1-3-6-14/h1-8,11-13H,9-10H2,(H,23,24). The lowest BCUT2D eigenvalue weighted by Gasteiger charge is -2.06. The Hall–Kier alpha value is -2.37. The highest BCUT2D eigenvalue weighted by molar-refractivity contribution is 7.99. The Morgan fingerprint density at radius 2 is 1.88 bits per heavy atom. The van der Waals surface area contributed by atoms with Crippen molar-refractivity contribution in [3.8, 4) is 11.3 Å². The number of rotatable bonds is 6. The van der Waals surface area contributed by atoms with E-state index in [-0.39, 0.29) is 5.91 Å². The zero-order chi connectivity index (χ0) is 17.5. The summed E-state index contributed by atoms with van der Waals surface area (Å²) in [6.45, 7) is 0. The molecule has 0 aliphatic heterocycles. The van der Waals surface area contributed by atoms with Gasteiger partial charge >= 0.3 is 0 Å². The predicted octanol–water partition coefficient (Wildman–Crippen LogP) is 4.92. The molecule has 0 unspecified atom stereocenters. The average molecular weight is 370 g/mol. The van der Waals surface area contributed by atoms with Crippen LogP contribution in [0.25, 0.3) is 11.3 Å². The zero-order valence-corrected chi connectivity index (χ0v) is 14.9. The van der Waals surface area contributed by atoms with E-state index in [4.69, 9.17) is 11.6 Å². The Kier molecular flexibility index (Phi) is 6.04. The molecule has 1 aromatic heterocycles. The predicted molar refractivity (Wildman–Crippen MR) is 103 cm³/mol. The van der Waals surface area contributed by atoms with Gasteiger partial charge in [-0.3, -0.25) is 4.79 Å². The number of hydrogen-bond donors (Lipinski definition) is 1. The highest BCUT2D eigenvalue weighted by Gasteiger charge is 2.06. The number of halogens is 1. The van der Waals surface area contributed by atoms with Gasteiger partial charge in [0.1, 0.15) is 6.33 Å². The van der Waals surface area contributed by atoms with Crippen LogP contribution >= 0.6 is 23.4 Å². The summed E-state index contributed by atoms with van der Waals surface area (Å²) in [6, 6.07) is 19.0. The number of hydrogen-bond acceptors (Lipinski definition) is 4. The first kappa shape index (κ1) is 17.5. The second-order valence-electron chi connectivity index (χ2n) is 5.26. The molecular weight excluding hydrogens is 354 g/mol. The first-order valence-electron chi connectivity index (χ1n) is 7.76. The van der Waals surface area contributed by atoms with Gasteiger partial charge in [0.15, 0.2) is 0 Å². The molecule has 0 saturated heterocycles. The van der Waals surface area contributed by atoms with E-state index < -0.39 is 0 Å². The van der Waals surface area contributed by atoms with Crippen LogP contribution in [0.3, 0.4) is 0 Å². The Balaban J connectivity index is 1.53. The van der Waals surface area contributed by atoms with Crippen LogP contribution < -0.4 is 5.32 Å². The Morgan fingerprint density at radius 1 is 1.04 bits per heavy atom. The van der Waals surface area contributed by atoms with Gasteiger partial charge in [0.2, 0.25) is 5.91 Å². The van der Waals surface area contributed by atoms with Crippen LogP contribution in [-0.2, 0) is 4.79 Å². The molecule has 0 aliphatic carbocycles. The van der Waals surface area contributed by atoms with Gasteiger partial charge in [0, 0.05) is 28.4 Å². The van der Waals surface area contributed by atoms with Crippen LogP contribution in [0.5, 0.6) is 0 Å². The number of thioether (sulfide) groups is 1. The summed E-state index contributed by atoms with van der Waals surface area (Å²) >= 11 is 7.44. The molecule has 6 heteroatoms. The van der Waals surface area contributed by atoms with Crippen molar-refractivity contribution in [2.24, 2.45) is 0 Å². The van der Waals surface area contributed by atoms with Crippen LogP contribution in [0.1, 0.15) is 6.42 Å². The number of benzene rings is 2. The second-order valence-corrected chi connectivity index (χ2v) is 6.82. The van der Waals surface area contributed by atoms with Gasteiger partial charge in [-0.2, -0.15) is 0 Å². The summed E-state index contributed by atoms with van der Waals surface area (Å²) in [7, 11) is 0. The van der Waals surface area contributed by atoms with E-state index in [2.05, 4.69) is 15.3 Å². The third-order valence-corrected chi connectivity index (χ3v) is 4.56. The number of carbonyl (C=O) groups is 1. The first-order valence-corrected chi connectivity index (χ1v) is 9.13. The van der Waals surface area contributed by atoms with Crippen LogP contribution in [0.4, 0.5) is 5.69 Å². The number of carbonyl (C=O) groups excluding carboxylic acids is 1. The van der Waals surface area contributed by atoms with Gasteiger partial charge in [-0.1, -0.05) is 48.0 Å². The minimum atomic E-state index is -0.0490. The molecule has 1 heterocycles. The lowest BCUT2D eigenvalue weighted by atomic mass is 10.1. The molecule has 0 bridgehead atoms. The normalized spacial score (nSPS) is 10.4. The molecule has 0 saturated carbocycles. The highest BCUT2D eigenvalue weighted by Crippen LogP contribution is 2.22. The molecule has 0 spiro atoms. The molecule has 0 radical (unpaired) electrons. The summed E-state index contributed by atoms with van der Waals surface area (Å²) in [6.07, 6.45) is 1.94. The summed E-state index contributed by atoms with van der Waals surface area (Å²) < 4.78 is 0. The van der Waals surface area contributed by atoms with Crippen molar-refractivity contribution in [2.45, 2.75) is 11.4 Å². The summed E-state index contributed by atoms with van der Waals surface area (Å²) in [5.74, 6) is 0.588. The Bertz CT molecular complexity index is 858. The molecule has 0 aliphatic rings. The molecule has 4 nitrogen and oxygen atoms in total. The number of amides is 1. The number of anilines is 1. The topological polar surface area (TPSA) is 54.9 Å². The minimum Gasteiger partial charge on any atom is -0.326 e. The lowest BCUT2D eigenvalue weighted by molar-refractivity contribution is -0.115. The molecule has 3 aromatic rings. The number of nitrogens with zero attached hydrogens (tertiary/aromatic N) is 2. The molecule has 1 amide bonds. The van der Waals surface area contributed by atoms with Gasteiger partial charge in [-0.15, -0.1) is 11.8 Å². The van der Waals surface area contributed by atoms with E-state index in [1.165, 1.54) is 11.8 Å². The molecule has 1 N–H and O–H groups in total. The molecule has 2 aromatic carbocycles. The van der Waals surface area contributed by atoms with Crippen molar-refractivity contribution in [2.75, 3.05) is 11.1 Å². The lowest BCUT2D eigenvalue weighted by Crippen LogP contribution is -2.12. The van der Waals surface area contributed by atoms with E-state index in [1.807, 2.05) is 42.5 Å². The summed E-state index contributed by atoms with van der Waals surface area (Å²) in [5, 5.41) is 4.29. The van der Waals surface area contributed by atoms with Crippen LogP contribution in [0, 0.1) is 0 Å². The molecule has 0 atom stereocenters. The monoisotopic (exact) mass is 369 g/mol. The van der Waals surface area contributed by atoms with Crippen LogP contribution in [-0.4, -0.2) is 21.6 Å². The SMILES string of the molecule is O=C(CCSc1cc(-c2ccccc2)ncn1)Nc1cccc(Cl)c1. The van der Waals surface area contributed by atoms with Crippen molar-refractivity contribution < 1.29 is 4.79 Å². The fourth-order valence-electron chi connectivity index (χ4n) is 2.22. The maximum atomic E-state index is 12.0. The number of nitrogens with one attached hydrogen (secondary N) is 1. The summed E-state index contributed by atoms with van der Waals surface area (Å²) in [5.41, 5.74) is 2.63. The van der Waals surface area contributed by atoms with E-state index in [0.29, 0.717) is 22.9 Å². The fraction of sp³-hybridized carbons (Fsp3) is 0.105. The fourth-order valence-corrected chi connectivity index (χ4v) is 3.23. The second kappa shape index (κ2) is 8.65. The van der Waals surface area contributed by atoms with Gasteiger partial charge in [0.05, 0.1) is 10.7 Å². The van der Waals surface area contributed by atoms with E-state index in [0.717, 1.165) is 16.3 Å². The third-order valence-electron chi connectivity index (χ3n) is 3.40. The van der Waals surface area contributed by atoms with E-state index in [9.17, 15) is 4.79 Å². The Labute approximate surface area is 155 Å². The Morgan fingerprint density at radius 3 is 2.68 bits per heavy atom. The van der Waals surface area contributed by atoms with E-state index in [1.54, 1.807) is 24.5 Å². The third kappa shape index (κ3) is 5.31. The van der Waals surface area contributed by atoms with Crippen molar-refractivity contribution in [3.05, 3.63) is 72.0 Å². The maximum absolute atomic E-state index is 12.0. The zero-order valence-electron chi connectivity index (χ0n) is 13.4. The molecule has 3 rings (SSSR count). The van der Waals surface area contributed by atoms with Crippen molar-refractivity contribution in [3.63, 3.8) is 0 Å². The summed E-state index contributed by atoms with van der Waals surface area (Å²) in [4.78, 5) is 20.6. The average Bonchev–Trinajstić information content (AvgIpc) is 2.63. The van der Waals surface area contributed by atoms with Gasteiger partial charge < -0.3 is 5.32 Å². The smallest absolute Gasteiger partial charge is 0.225 e. The minimum absolute atomic E-state index is 0.0490. The quantitative estimate of drug-likeness (QED) is 0.495. The largest absolute Gasteiger partial charge is 0.326 e. The first-order chi connectivity index (χ1) is 12.2. The van der Waals surface area contributed by atoms with Crippen molar-refractivity contribution in [1.29, 1.82) is 0 Å². The molecule has 126 valence electrons. The molecule has 25 heavy (non-hydrogen) atoms. The molecule has 0 fully saturated rings. The molecular formula is C19H16ClN3OS. The van der Waals surface area contributed by atoms with E-state index >= 15 is 0 Å². The number of aromatic nitrogens is 2. The van der Waals surface area contributed by atoms with Crippen LogP contribution in [0.2, 0.25) is 5.02 Å².